The predicted molar refractivity (Wildman–Crippen MR) is 136 cm³/mol. The summed E-state index contributed by atoms with van der Waals surface area (Å²) >= 11 is 9.65. The van der Waals surface area contributed by atoms with Crippen LogP contribution >= 0.6 is 27.5 Å². The van der Waals surface area contributed by atoms with Crippen LogP contribution in [0.3, 0.4) is 0 Å². The van der Waals surface area contributed by atoms with E-state index in [1.54, 1.807) is 44.2 Å². The molecule has 0 saturated carbocycles. The number of halogens is 2. The van der Waals surface area contributed by atoms with Gasteiger partial charge in [-0.25, -0.2) is 13.8 Å². The smallest absolute Gasteiger partial charge is 0.264 e. The molecule has 172 valence electrons. The molecule has 1 N–H and O–H groups in total. The second kappa shape index (κ2) is 10.5. The van der Waals surface area contributed by atoms with Crippen molar-refractivity contribution in [1.29, 1.82) is 0 Å². The Balaban J connectivity index is 1.93. The van der Waals surface area contributed by atoms with Crippen molar-refractivity contribution in [2.75, 3.05) is 10.8 Å². The SMILES string of the molecule is C/C(=N/NC(=O)CN(c1cccc(Cl)c1C)S(=O)(=O)c1ccc(C)cc1)c1cccc(Br)c1. The Labute approximate surface area is 207 Å². The van der Waals surface area contributed by atoms with Gasteiger partial charge < -0.3 is 0 Å². The van der Waals surface area contributed by atoms with Crippen LogP contribution in [0, 0.1) is 13.8 Å². The van der Waals surface area contributed by atoms with Gasteiger partial charge in [0, 0.05) is 9.50 Å². The zero-order chi connectivity index (χ0) is 24.2. The molecule has 1 amide bonds. The van der Waals surface area contributed by atoms with Gasteiger partial charge in [0.15, 0.2) is 0 Å². The maximum atomic E-state index is 13.5. The molecule has 0 saturated heterocycles. The van der Waals surface area contributed by atoms with Crippen LogP contribution in [0.2, 0.25) is 5.02 Å². The fraction of sp³-hybridized carbons (Fsp3) is 0.167. The molecule has 0 radical (unpaired) electrons. The van der Waals surface area contributed by atoms with Gasteiger partial charge >= 0.3 is 0 Å². The lowest BCUT2D eigenvalue weighted by molar-refractivity contribution is -0.119. The first-order valence-corrected chi connectivity index (χ1v) is 12.6. The number of carbonyl (C=O) groups excluding carboxylic acids is 1. The Hall–Kier alpha value is -2.68. The number of rotatable bonds is 7. The molecule has 0 aromatic heterocycles. The van der Waals surface area contributed by atoms with Crippen LogP contribution in [0.1, 0.15) is 23.6 Å². The van der Waals surface area contributed by atoms with Crippen molar-refractivity contribution in [3.05, 3.63) is 92.9 Å². The number of carbonyl (C=O) groups is 1. The van der Waals surface area contributed by atoms with E-state index in [1.807, 2.05) is 31.2 Å². The van der Waals surface area contributed by atoms with Gasteiger partial charge in [-0.3, -0.25) is 9.10 Å². The Bertz CT molecular complexity index is 1310. The Morgan fingerprint density at radius 3 is 2.39 bits per heavy atom. The highest BCUT2D eigenvalue weighted by Gasteiger charge is 2.28. The van der Waals surface area contributed by atoms with Crippen molar-refractivity contribution in [2.24, 2.45) is 5.10 Å². The Morgan fingerprint density at radius 1 is 1.06 bits per heavy atom. The van der Waals surface area contributed by atoms with Crippen molar-refractivity contribution in [2.45, 2.75) is 25.7 Å². The number of nitrogens with zero attached hydrogens (tertiary/aromatic N) is 2. The molecule has 0 aliphatic rings. The summed E-state index contributed by atoms with van der Waals surface area (Å²) in [6.07, 6.45) is 0. The van der Waals surface area contributed by atoms with E-state index >= 15 is 0 Å². The second-order valence-corrected chi connectivity index (χ2v) is 10.6. The summed E-state index contributed by atoms with van der Waals surface area (Å²) in [5, 5.41) is 4.54. The van der Waals surface area contributed by atoms with Crippen molar-refractivity contribution in [3.63, 3.8) is 0 Å². The van der Waals surface area contributed by atoms with Gasteiger partial charge in [0.05, 0.1) is 16.3 Å². The van der Waals surface area contributed by atoms with Gasteiger partial charge in [0.2, 0.25) is 0 Å². The van der Waals surface area contributed by atoms with Gasteiger partial charge in [-0.1, -0.05) is 63.4 Å². The molecule has 33 heavy (non-hydrogen) atoms. The number of sulfonamides is 1. The van der Waals surface area contributed by atoms with Crippen LogP contribution in [-0.4, -0.2) is 26.6 Å². The normalized spacial score (nSPS) is 11.8. The van der Waals surface area contributed by atoms with E-state index in [9.17, 15) is 13.2 Å². The van der Waals surface area contributed by atoms with Crippen LogP contribution in [0.4, 0.5) is 5.69 Å². The quantitative estimate of drug-likeness (QED) is 0.315. The Kier molecular flexibility index (Phi) is 7.94. The molecule has 0 spiro atoms. The van der Waals surface area contributed by atoms with Crippen molar-refractivity contribution < 1.29 is 13.2 Å². The summed E-state index contributed by atoms with van der Waals surface area (Å²) < 4.78 is 28.9. The fourth-order valence-corrected chi connectivity index (χ4v) is 5.14. The van der Waals surface area contributed by atoms with E-state index in [0.717, 1.165) is 19.9 Å². The van der Waals surface area contributed by atoms with Gasteiger partial charge in [0.25, 0.3) is 15.9 Å². The average Bonchev–Trinajstić information content (AvgIpc) is 2.78. The zero-order valence-corrected chi connectivity index (χ0v) is 21.5. The van der Waals surface area contributed by atoms with E-state index in [2.05, 4.69) is 26.5 Å². The summed E-state index contributed by atoms with van der Waals surface area (Å²) in [6.45, 7) is 4.87. The summed E-state index contributed by atoms with van der Waals surface area (Å²) in [6, 6.07) is 18.9. The summed E-state index contributed by atoms with van der Waals surface area (Å²) in [7, 11) is -4.04. The minimum Gasteiger partial charge on any atom is -0.271 e. The molecule has 3 rings (SSSR count). The highest BCUT2D eigenvalue weighted by atomic mass is 79.9. The van der Waals surface area contributed by atoms with Crippen LogP contribution in [0.15, 0.2) is 81.2 Å². The lowest BCUT2D eigenvalue weighted by Gasteiger charge is -2.25. The fourth-order valence-electron chi connectivity index (χ4n) is 3.09. The van der Waals surface area contributed by atoms with Gasteiger partial charge in [-0.15, -0.1) is 0 Å². The summed E-state index contributed by atoms with van der Waals surface area (Å²) in [4.78, 5) is 12.9. The number of hydrogen-bond donors (Lipinski definition) is 1. The van der Waals surface area contributed by atoms with Gasteiger partial charge in [0.1, 0.15) is 6.54 Å². The molecular formula is C24H23BrClN3O3S. The average molecular weight is 549 g/mol. The van der Waals surface area contributed by atoms with E-state index < -0.39 is 22.5 Å². The zero-order valence-electron chi connectivity index (χ0n) is 18.3. The van der Waals surface area contributed by atoms with E-state index in [0.29, 0.717) is 22.0 Å². The van der Waals surface area contributed by atoms with Crippen LogP contribution in [-0.2, 0) is 14.8 Å². The molecular weight excluding hydrogens is 526 g/mol. The van der Waals surface area contributed by atoms with Crippen molar-refractivity contribution in [1.82, 2.24) is 5.43 Å². The highest BCUT2D eigenvalue weighted by Crippen LogP contribution is 2.30. The standard InChI is InChI=1S/C24H23BrClN3O3S/c1-16-10-12-21(13-11-16)33(31,32)29(23-9-5-8-22(26)17(23)2)15-24(30)28-27-18(3)19-6-4-7-20(25)14-19/h4-14H,15H2,1-3H3,(H,28,30)/b27-18-. The van der Waals surface area contributed by atoms with Gasteiger partial charge in [-0.05, 0) is 68.3 Å². The second-order valence-electron chi connectivity index (χ2n) is 7.45. The monoisotopic (exact) mass is 547 g/mol. The minimum absolute atomic E-state index is 0.0779. The molecule has 0 aliphatic heterocycles. The number of nitrogens with one attached hydrogen (secondary N) is 1. The molecule has 3 aromatic carbocycles. The maximum absolute atomic E-state index is 13.5. The lowest BCUT2D eigenvalue weighted by Crippen LogP contribution is -2.40. The molecule has 0 unspecified atom stereocenters. The largest absolute Gasteiger partial charge is 0.271 e. The first kappa shape index (κ1) is 25.0. The van der Waals surface area contributed by atoms with Crippen molar-refractivity contribution >= 4 is 54.9 Å². The number of hydrazone groups is 1. The molecule has 9 heteroatoms. The molecule has 3 aromatic rings. The minimum atomic E-state index is -4.04. The first-order valence-electron chi connectivity index (χ1n) is 10.0. The molecule has 0 aliphatic carbocycles. The van der Waals surface area contributed by atoms with Crippen molar-refractivity contribution in [3.8, 4) is 0 Å². The summed E-state index contributed by atoms with van der Waals surface area (Å²) in [5.74, 6) is -0.584. The van der Waals surface area contributed by atoms with E-state index in [1.165, 1.54) is 12.1 Å². The highest BCUT2D eigenvalue weighted by molar-refractivity contribution is 9.10. The third-order valence-corrected chi connectivity index (χ3v) is 7.67. The Morgan fingerprint density at radius 2 is 1.73 bits per heavy atom. The molecule has 6 nitrogen and oxygen atoms in total. The topological polar surface area (TPSA) is 78.8 Å². The van der Waals surface area contributed by atoms with Crippen LogP contribution < -0.4 is 9.73 Å². The molecule has 0 heterocycles. The number of aryl methyl sites for hydroxylation is 1. The molecule has 0 fully saturated rings. The van der Waals surface area contributed by atoms with Crippen LogP contribution in [0.25, 0.3) is 0 Å². The first-order chi connectivity index (χ1) is 15.6. The number of hydrogen-bond acceptors (Lipinski definition) is 4. The third-order valence-electron chi connectivity index (χ3n) is 4.99. The number of anilines is 1. The summed E-state index contributed by atoms with van der Waals surface area (Å²) in [5.41, 5.74) is 5.66. The molecule has 0 atom stereocenters. The van der Waals surface area contributed by atoms with Gasteiger partial charge in [-0.2, -0.15) is 5.10 Å². The number of amides is 1. The number of benzene rings is 3. The maximum Gasteiger partial charge on any atom is 0.264 e. The van der Waals surface area contributed by atoms with Crippen LogP contribution in [0.5, 0.6) is 0 Å². The van der Waals surface area contributed by atoms with E-state index in [-0.39, 0.29) is 4.90 Å². The predicted octanol–water partition coefficient (Wildman–Crippen LogP) is 5.46. The van der Waals surface area contributed by atoms with E-state index in [4.69, 9.17) is 11.6 Å². The molecule has 0 bridgehead atoms. The third kappa shape index (κ3) is 6.01. The lowest BCUT2D eigenvalue weighted by atomic mass is 10.1.